The first-order chi connectivity index (χ1) is 14.5. The van der Waals surface area contributed by atoms with E-state index >= 15 is 0 Å². The second-order valence-corrected chi connectivity index (χ2v) is 9.90. The van der Waals surface area contributed by atoms with E-state index in [1.54, 1.807) is 41.3 Å². The number of ether oxygens (including phenoxy) is 2. The van der Waals surface area contributed by atoms with Gasteiger partial charge in [0.15, 0.2) is 0 Å². The van der Waals surface area contributed by atoms with E-state index in [2.05, 4.69) is 11.3 Å². The van der Waals surface area contributed by atoms with Crippen LogP contribution in [0.5, 0.6) is 11.5 Å². The summed E-state index contributed by atoms with van der Waals surface area (Å²) in [6.07, 6.45) is 1.64. The topological polar surface area (TPSA) is 84.9 Å². The van der Waals surface area contributed by atoms with Crippen LogP contribution in [-0.2, 0) is 14.8 Å². The molecule has 8 heteroatoms. The molecule has 3 rings (SSSR count). The van der Waals surface area contributed by atoms with Gasteiger partial charge in [-0.1, -0.05) is 6.08 Å². The first-order valence-corrected chi connectivity index (χ1v) is 11.4. The highest BCUT2D eigenvalue weighted by Crippen LogP contribution is 2.39. The number of carbonyl (C=O) groups is 1. The predicted molar refractivity (Wildman–Crippen MR) is 122 cm³/mol. The van der Waals surface area contributed by atoms with Crippen molar-refractivity contribution < 1.29 is 22.7 Å². The average molecular weight is 445 g/mol. The van der Waals surface area contributed by atoms with E-state index in [0.29, 0.717) is 23.7 Å². The molecule has 0 aromatic heterocycles. The Kier molecular flexibility index (Phi) is 6.04. The molecule has 1 aliphatic heterocycles. The summed E-state index contributed by atoms with van der Waals surface area (Å²) in [6.45, 7) is 11.6. The summed E-state index contributed by atoms with van der Waals surface area (Å²) < 4.78 is 40.0. The van der Waals surface area contributed by atoms with Gasteiger partial charge in [-0.3, -0.25) is 9.52 Å². The molecular weight excluding hydrogens is 416 g/mol. The van der Waals surface area contributed by atoms with Crippen molar-refractivity contribution in [1.29, 1.82) is 0 Å². The van der Waals surface area contributed by atoms with Gasteiger partial charge in [0.2, 0.25) is 5.91 Å². The third-order valence-corrected chi connectivity index (χ3v) is 6.70. The second-order valence-electron chi connectivity index (χ2n) is 8.25. The Morgan fingerprint density at radius 2 is 1.90 bits per heavy atom. The number of benzene rings is 2. The summed E-state index contributed by atoms with van der Waals surface area (Å²) in [5, 5.41) is 0. The molecule has 2 aromatic rings. The summed E-state index contributed by atoms with van der Waals surface area (Å²) in [7, 11) is -2.48. The third kappa shape index (κ3) is 4.39. The molecule has 0 saturated carbocycles. The van der Waals surface area contributed by atoms with Crippen LogP contribution in [0.1, 0.15) is 25.0 Å². The highest BCUT2D eigenvalue weighted by molar-refractivity contribution is 7.92. The molecule has 0 fully saturated rings. The minimum atomic E-state index is -3.92. The van der Waals surface area contributed by atoms with Crippen LogP contribution in [-0.4, -0.2) is 34.6 Å². The maximum Gasteiger partial charge on any atom is 0.265 e. The number of fused-ring (bicyclic) bond motifs is 1. The van der Waals surface area contributed by atoms with E-state index in [1.165, 1.54) is 7.11 Å². The molecule has 1 aliphatic rings. The van der Waals surface area contributed by atoms with Crippen LogP contribution in [0.4, 0.5) is 11.4 Å². The van der Waals surface area contributed by atoms with Crippen molar-refractivity contribution in [2.75, 3.05) is 29.9 Å². The van der Waals surface area contributed by atoms with Gasteiger partial charge in [0, 0.05) is 12.6 Å². The van der Waals surface area contributed by atoms with Crippen LogP contribution in [0.3, 0.4) is 0 Å². The van der Waals surface area contributed by atoms with Gasteiger partial charge >= 0.3 is 0 Å². The Morgan fingerprint density at radius 1 is 1.23 bits per heavy atom. The van der Waals surface area contributed by atoms with Gasteiger partial charge in [0.25, 0.3) is 10.0 Å². The van der Waals surface area contributed by atoms with Gasteiger partial charge in [-0.05, 0) is 63.1 Å². The van der Waals surface area contributed by atoms with Crippen LogP contribution in [0.25, 0.3) is 0 Å². The Bertz CT molecular complexity index is 1140. The Hall–Kier alpha value is -3.00. The van der Waals surface area contributed by atoms with Gasteiger partial charge in [0.05, 0.1) is 23.9 Å². The molecule has 7 nitrogen and oxygen atoms in total. The van der Waals surface area contributed by atoms with Crippen LogP contribution in [0.15, 0.2) is 47.9 Å². The fraction of sp³-hybridized carbons (Fsp3) is 0.348. The number of sulfonamides is 1. The number of methoxy groups -OCH3 is 1. The highest BCUT2D eigenvalue weighted by Gasteiger charge is 2.37. The zero-order valence-corrected chi connectivity index (χ0v) is 19.3. The molecule has 166 valence electrons. The molecule has 1 heterocycles. The number of hydrogen-bond acceptors (Lipinski definition) is 5. The average Bonchev–Trinajstić information content (AvgIpc) is 2.79. The molecule has 1 amide bonds. The standard InChI is InChI=1S/C23H28N2O5S/c1-7-10-25-18-9-8-17(13-19(18)30-14-23(4,5)22(25)26)24-31(27,28)21-12-16(3)15(2)11-20(21)29-6/h7-9,11-13,24H,1,10,14H2,2-6H3. The lowest BCUT2D eigenvalue weighted by Gasteiger charge is -2.27. The summed E-state index contributed by atoms with van der Waals surface area (Å²) in [5.41, 5.74) is 1.94. The monoisotopic (exact) mass is 444 g/mol. The van der Waals surface area contributed by atoms with Gasteiger partial charge in [0.1, 0.15) is 23.0 Å². The lowest BCUT2D eigenvalue weighted by molar-refractivity contribution is -0.127. The highest BCUT2D eigenvalue weighted by atomic mass is 32.2. The molecule has 0 spiro atoms. The van der Waals surface area contributed by atoms with Gasteiger partial charge < -0.3 is 14.4 Å². The van der Waals surface area contributed by atoms with Crippen molar-refractivity contribution in [1.82, 2.24) is 0 Å². The molecule has 0 saturated heterocycles. The van der Waals surface area contributed by atoms with E-state index in [9.17, 15) is 13.2 Å². The quantitative estimate of drug-likeness (QED) is 0.680. The number of rotatable bonds is 6. The normalized spacial score (nSPS) is 15.5. The first-order valence-electron chi connectivity index (χ1n) is 9.88. The Morgan fingerprint density at radius 3 is 2.55 bits per heavy atom. The van der Waals surface area contributed by atoms with Crippen LogP contribution < -0.4 is 19.1 Å². The zero-order chi connectivity index (χ0) is 23.0. The first kappa shape index (κ1) is 22.7. The summed E-state index contributed by atoms with van der Waals surface area (Å²) in [4.78, 5) is 14.6. The number of amides is 1. The SMILES string of the molecule is C=CCN1C(=O)C(C)(C)COc2cc(NS(=O)(=O)c3cc(C)c(C)cc3OC)ccc21. The molecule has 0 aliphatic carbocycles. The number of aryl methyl sites for hydroxylation is 2. The predicted octanol–water partition coefficient (Wildman–Crippen LogP) is 4.05. The number of carbonyl (C=O) groups excluding carboxylic acids is 1. The largest absolute Gasteiger partial charge is 0.495 e. The van der Waals surface area contributed by atoms with Gasteiger partial charge in [-0.15, -0.1) is 6.58 Å². The maximum absolute atomic E-state index is 13.1. The van der Waals surface area contributed by atoms with E-state index in [0.717, 1.165) is 11.1 Å². The lowest BCUT2D eigenvalue weighted by Crippen LogP contribution is -2.42. The number of nitrogens with zero attached hydrogens (tertiary/aromatic N) is 1. The van der Waals surface area contributed by atoms with Crippen molar-refractivity contribution >= 4 is 27.3 Å². The summed E-state index contributed by atoms with van der Waals surface area (Å²) in [6, 6.07) is 8.15. The van der Waals surface area contributed by atoms with Crippen LogP contribution in [0, 0.1) is 19.3 Å². The number of anilines is 2. The van der Waals surface area contributed by atoms with Gasteiger partial charge in [-0.25, -0.2) is 8.42 Å². The molecule has 2 aromatic carbocycles. The molecule has 0 unspecified atom stereocenters. The Balaban J connectivity index is 2.00. The van der Waals surface area contributed by atoms with Crippen LogP contribution >= 0.6 is 0 Å². The lowest BCUT2D eigenvalue weighted by atomic mass is 9.93. The summed E-state index contributed by atoms with van der Waals surface area (Å²) in [5.74, 6) is 0.610. The second kappa shape index (κ2) is 8.26. The Labute approximate surface area is 183 Å². The van der Waals surface area contributed by atoms with Crippen molar-refractivity contribution in [3.63, 3.8) is 0 Å². The fourth-order valence-corrected chi connectivity index (χ4v) is 4.65. The third-order valence-electron chi connectivity index (χ3n) is 5.30. The molecular formula is C23H28N2O5S. The van der Waals surface area contributed by atoms with Gasteiger partial charge in [-0.2, -0.15) is 0 Å². The molecule has 0 atom stereocenters. The molecule has 0 bridgehead atoms. The van der Waals surface area contributed by atoms with E-state index in [4.69, 9.17) is 9.47 Å². The smallest absolute Gasteiger partial charge is 0.265 e. The number of hydrogen-bond donors (Lipinski definition) is 1. The van der Waals surface area contributed by atoms with Crippen molar-refractivity contribution in [3.8, 4) is 11.5 Å². The molecule has 31 heavy (non-hydrogen) atoms. The fourth-order valence-electron chi connectivity index (χ4n) is 3.36. The molecule has 0 radical (unpaired) electrons. The van der Waals surface area contributed by atoms with Crippen molar-refractivity contribution in [2.24, 2.45) is 5.41 Å². The van der Waals surface area contributed by atoms with Crippen LogP contribution in [0.2, 0.25) is 0 Å². The van der Waals surface area contributed by atoms with Crippen molar-refractivity contribution in [3.05, 3.63) is 54.1 Å². The zero-order valence-electron chi connectivity index (χ0n) is 18.5. The maximum atomic E-state index is 13.1. The number of nitrogens with one attached hydrogen (secondary N) is 1. The minimum Gasteiger partial charge on any atom is -0.495 e. The van der Waals surface area contributed by atoms with Crippen molar-refractivity contribution in [2.45, 2.75) is 32.6 Å². The van der Waals surface area contributed by atoms with E-state index in [1.807, 2.05) is 27.7 Å². The van der Waals surface area contributed by atoms with E-state index < -0.39 is 15.4 Å². The summed E-state index contributed by atoms with van der Waals surface area (Å²) >= 11 is 0. The van der Waals surface area contributed by atoms with E-state index in [-0.39, 0.29) is 23.2 Å². The molecule has 1 N–H and O–H groups in total. The minimum absolute atomic E-state index is 0.0542.